The highest BCUT2D eigenvalue weighted by Gasteiger charge is 2.24. The molecule has 1 aromatic heterocycles. The van der Waals surface area contributed by atoms with Crippen molar-refractivity contribution in [1.82, 2.24) is 5.32 Å². The van der Waals surface area contributed by atoms with Gasteiger partial charge in [0.2, 0.25) is 0 Å². The van der Waals surface area contributed by atoms with Crippen molar-refractivity contribution in [1.29, 1.82) is 0 Å². The maximum atomic E-state index is 12.3. The van der Waals surface area contributed by atoms with Crippen LogP contribution in [-0.4, -0.2) is 11.1 Å². The Bertz CT molecular complexity index is 1140. The summed E-state index contributed by atoms with van der Waals surface area (Å²) in [5.74, 6) is 1.14. The molecule has 0 atom stereocenters. The van der Waals surface area contributed by atoms with E-state index in [0.29, 0.717) is 20.9 Å². The summed E-state index contributed by atoms with van der Waals surface area (Å²) in [6, 6.07) is 17.1. The molecule has 1 aliphatic heterocycles. The van der Waals surface area contributed by atoms with E-state index in [1.54, 1.807) is 6.08 Å². The maximum Gasteiger partial charge on any atom is 0.264 e. The van der Waals surface area contributed by atoms with Gasteiger partial charge in [-0.3, -0.25) is 4.79 Å². The first-order chi connectivity index (χ1) is 13.5. The third-order valence-electron chi connectivity index (χ3n) is 4.12. The number of hydrogen-bond donors (Lipinski definition) is 1. The van der Waals surface area contributed by atoms with Crippen LogP contribution in [0.4, 0.5) is 5.69 Å². The Morgan fingerprint density at radius 3 is 2.82 bits per heavy atom. The third kappa shape index (κ3) is 4.09. The summed E-state index contributed by atoms with van der Waals surface area (Å²) in [5, 5.41) is 3.94. The minimum atomic E-state index is -0.205. The van der Waals surface area contributed by atoms with Crippen LogP contribution in [-0.2, 0) is 4.79 Å². The fraction of sp³-hybridized carbons (Fsp3) is 0.0476. The smallest absolute Gasteiger partial charge is 0.264 e. The molecule has 0 radical (unpaired) electrons. The SMILES string of the molecule is Cc1c(Cl)cccc1N=C1NC(=O)/C(=C\c2ccc(-c3cccc(Br)c3)o2)S1. The van der Waals surface area contributed by atoms with Crippen LogP contribution >= 0.6 is 39.3 Å². The fourth-order valence-electron chi connectivity index (χ4n) is 2.66. The van der Waals surface area contributed by atoms with Crippen LogP contribution < -0.4 is 5.32 Å². The highest BCUT2D eigenvalue weighted by molar-refractivity contribution is 9.10. The van der Waals surface area contributed by atoms with Crippen LogP contribution in [0.25, 0.3) is 17.4 Å². The Morgan fingerprint density at radius 1 is 1.18 bits per heavy atom. The number of carbonyl (C=O) groups is 1. The first-order valence-corrected chi connectivity index (χ1v) is 10.4. The van der Waals surface area contributed by atoms with Gasteiger partial charge in [0.25, 0.3) is 5.91 Å². The number of nitrogens with one attached hydrogen (secondary N) is 1. The second-order valence-corrected chi connectivity index (χ2v) is 8.43. The molecule has 0 aliphatic carbocycles. The van der Waals surface area contributed by atoms with Crippen molar-refractivity contribution in [2.45, 2.75) is 6.92 Å². The molecule has 0 saturated carbocycles. The highest BCUT2D eigenvalue weighted by atomic mass is 79.9. The first kappa shape index (κ1) is 19.1. The molecular formula is C21H14BrClN2O2S. The van der Waals surface area contributed by atoms with Gasteiger partial charge < -0.3 is 9.73 Å². The molecule has 4 rings (SSSR count). The number of amides is 1. The van der Waals surface area contributed by atoms with Gasteiger partial charge in [0.15, 0.2) is 5.17 Å². The first-order valence-electron chi connectivity index (χ1n) is 8.40. The predicted octanol–water partition coefficient (Wildman–Crippen LogP) is 6.56. The number of furan rings is 1. The molecule has 1 aliphatic rings. The van der Waals surface area contributed by atoms with Crippen LogP contribution in [0.15, 0.2) is 73.4 Å². The van der Waals surface area contributed by atoms with Crippen molar-refractivity contribution in [3.63, 3.8) is 0 Å². The largest absolute Gasteiger partial charge is 0.457 e. The third-order valence-corrected chi connectivity index (χ3v) is 5.93. The number of thioether (sulfide) groups is 1. The van der Waals surface area contributed by atoms with Gasteiger partial charge in [-0.25, -0.2) is 4.99 Å². The lowest BCUT2D eigenvalue weighted by atomic mass is 10.2. The van der Waals surface area contributed by atoms with Gasteiger partial charge in [-0.15, -0.1) is 0 Å². The molecule has 140 valence electrons. The predicted molar refractivity (Wildman–Crippen MR) is 119 cm³/mol. The molecule has 1 fully saturated rings. The summed E-state index contributed by atoms with van der Waals surface area (Å²) in [5.41, 5.74) is 2.56. The van der Waals surface area contributed by atoms with Crippen molar-refractivity contribution in [3.05, 3.63) is 80.3 Å². The average molecular weight is 474 g/mol. The zero-order chi connectivity index (χ0) is 19.7. The van der Waals surface area contributed by atoms with Gasteiger partial charge in [-0.2, -0.15) is 0 Å². The topological polar surface area (TPSA) is 54.6 Å². The minimum absolute atomic E-state index is 0.205. The fourth-order valence-corrected chi connectivity index (χ4v) is 4.05. The van der Waals surface area contributed by atoms with Crippen LogP contribution in [0, 0.1) is 6.92 Å². The van der Waals surface area contributed by atoms with E-state index in [1.165, 1.54) is 11.8 Å². The second-order valence-electron chi connectivity index (χ2n) is 6.08. The van der Waals surface area contributed by atoms with E-state index in [1.807, 2.05) is 61.5 Å². The molecule has 7 heteroatoms. The van der Waals surface area contributed by atoms with E-state index < -0.39 is 0 Å². The lowest BCUT2D eigenvalue weighted by Crippen LogP contribution is -2.19. The van der Waals surface area contributed by atoms with E-state index >= 15 is 0 Å². The maximum absolute atomic E-state index is 12.3. The number of carbonyl (C=O) groups excluding carboxylic acids is 1. The molecule has 0 bridgehead atoms. The van der Waals surface area contributed by atoms with Crippen LogP contribution in [0.5, 0.6) is 0 Å². The number of halogens is 2. The highest BCUT2D eigenvalue weighted by Crippen LogP contribution is 2.32. The summed E-state index contributed by atoms with van der Waals surface area (Å²) < 4.78 is 6.85. The summed E-state index contributed by atoms with van der Waals surface area (Å²) in [4.78, 5) is 17.3. The normalized spacial score (nSPS) is 16.8. The number of amidine groups is 1. The summed E-state index contributed by atoms with van der Waals surface area (Å²) in [6.07, 6.45) is 1.72. The monoisotopic (exact) mass is 472 g/mol. The Hall–Kier alpha value is -2.28. The Kier molecular flexibility index (Phi) is 5.44. The lowest BCUT2D eigenvalue weighted by Gasteiger charge is -2.02. The Morgan fingerprint density at radius 2 is 2.00 bits per heavy atom. The van der Waals surface area contributed by atoms with Crippen molar-refractivity contribution >= 4 is 62.1 Å². The van der Waals surface area contributed by atoms with E-state index in [9.17, 15) is 4.79 Å². The summed E-state index contributed by atoms with van der Waals surface area (Å²) >= 11 is 10.9. The zero-order valence-electron chi connectivity index (χ0n) is 14.7. The number of rotatable bonds is 3. The van der Waals surface area contributed by atoms with Gasteiger partial charge in [0.05, 0.1) is 10.6 Å². The molecule has 2 aromatic carbocycles. The number of hydrogen-bond acceptors (Lipinski definition) is 4. The molecule has 2 heterocycles. The molecule has 28 heavy (non-hydrogen) atoms. The van der Waals surface area contributed by atoms with Crippen LogP contribution in [0.3, 0.4) is 0 Å². The van der Waals surface area contributed by atoms with E-state index in [4.69, 9.17) is 16.0 Å². The van der Waals surface area contributed by atoms with E-state index in [-0.39, 0.29) is 5.91 Å². The molecule has 1 saturated heterocycles. The van der Waals surface area contributed by atoms with Gasteiger partial charge >= 0.3 is 0 Å². The molecule has 1 amide bonds. The quantitative estimate of drug-likeness (QED) is 0.438. The zero-order valence-corrected chi connectivity index (χ0v) is 17.9. The van der Waals surface area contributed by atoms with Crippen LogP contribution in [0.1, 0.15) is 11.3 Å². The molecule has 1 N–H and O–H groups in total. The Labute approximate surface area is 179 Å². The molecule has 0 spiro atoms. The summed E-state index contributed by atoms with van der Waals surface area (Å²) in [6.45, 7) is 1.90. The molecule has 4 nitrogen and oxygen atoms in total. The standard InChI is InChI=1S/C21H14BrClN2O2S/c1-12-16(23)6-3-7-17(12)24-21-25-20(26)19(28-21)11-15-8-9-18(27-15)13-4-2-5-14(22)10-13/h2-11H,1H3,(H,24,25,26)/b19-11+. The van der Waals surface area contributed by atoms with E-state index in [0.717, 1.165) is 27.0 Å². The van der Waals surface area contributed by atoms with Gasteiger partial charge in [-0.05, 0) is 60.6 Å². The Balaban J connectivity index is 1.57. The van der Waals surface area contributed by atoms with Gasteiger partial charge in [0.1, 0.15) is 11.5 Å². The molecular weight excluding hydrogens is 460 g/mol. The van der Waals surface area contributed by atoms with Crippen molar-refractivity contribution in [2.75, 3.05) is 0 Å². The molecule has 3 aromatic rings. The minimum Gasteiger partial charge on any atom is -0.457 e. The molecule has 0 unspecified atom stereocenters. The average Bonchev–Trinajstić information content (AvgIpc) is 3.26. The van der Waals surface area contributed by atoms with Crippen LogP contribution in [0.2, 0.25) is 5.02 Å². The van der Waals surface area contributed by atoms with Gasteiger partial charge in [-0.1, -0.05) is 45.7 Å². The lowest BCUT2D eigenvalue weighted by molar-refractivity contribution is -0.115. The number of benzene rings is 2. The van der Waals surface area contributed by atoms with Crippen molar-refractivity contribution in [2.24, 2.45) is 4.99 Å². The number of nitrogens with zero attached hydrogens (tertiary/aromatic N) is 1. The van der Waals surface area contributed by atoms with E-state index in [2.05, 4.69) is 26.2 Å². The second kappa shape index (κ2) is 7.99. The summed E-state index contributed by atoms with van der Waals surface area (Å²) in [7, 11) is 0. The van der Waals surface area contributed by atoms with Gasteiger partial charge in [0, 0.05) is 21.1 Å². The number of aliphatic imine (C=N–C) groups is 1. The van der Waals surface area contributed by atoms with Crippen molar-refractivity contribution in [3.8, 4) is 11.3 Å². The van der Waals surface area contributed by atoms with Crippen molar-refractivity contribution < 1.29 is 9.21 Å².